The molecular formula is C11H22O. The number of carbonyl (C=O) groups is 1. The van der Waals surface area contributed by atoms with E-state index in [1.807, 2.05) is 13.8 Å². The third-order valence-electron chi connectivity index (χ3n) is 2.10. The van der Waals surface area contributed by atoms with Crippen molar-refractivity contribution >= 4 is 5.78 Å². The van der Waals surface area contributed by atoms with Gasteiger partial charge >= 0.3 is 0 Å². The molecule has 0 amide bonds. The number of Topliss-reactive ketones (excluding diaryl/α,β-unsaturated/α-hetero) is 1. The van der Waals surface area contributed by atoms with E-state index in [0.29, 0.717) is 5.78 Å². The van der Waals surface area contributed by atoms with Gasteiger partial charge in [0.15, 0.2) is 0 Å². The van der Waals surface area contributed by atoms with Gasteiger partial charge in [0.2, 0.25) is 0 Å². The molecule has 0 spiro atoms. The quantitative estimate of drug-likeness (QED) is 0.558. The summed E-state index contributed by atoms with van der Waals surface area (Å²) in [4.78, 5) is 11.2. The van der Waals surface area contributed by atoms with Gasteiger partial charge < -0.3 is 0 Å². The van der Waals surface area contributed by atoms with E-state index in [1.165, 1.54) is 12.8 Å². The molecule has 0 heterocycles. The van der Waals surface area contributed by atoms with Gasteiger partial charge in [-0.15, -0.1) is 0 Å². The lowest BCUT2D eigenvalue weighted by Crippen LogP contribution is -2.06. The highest BCUT2D eigenvalue weighted by Gasteiger charge is 2.05. The highest BCUT2D eigenvalue weighted by atomic mass is 16.1. The second-order valence-corrected chi connectivity index (χ2v) is 4.26. The van der Waals surface area contributed by atoms with Crippen LogP contribution in [0, 0.1) is 11.8 Å². The fourth-order valence-corrected chi connectivity index (χ4v) is 1.14. The molecule has 0 N–H and O–H groups in total. The van der Waals surface area contributed by atoms with Gasteiger partial charge in [-0.2, -0.15) is 0 Å². The van der Waals surface area contributed by atoms with Gasteiger partial charge in [-0.1, -0.05) is 40.5 Å². The van der Waals surface area contributed by atoms with Crippen molar-refractivity contribution in [1.82, 2.24) is 0 Å². The van der Waals surface area contributed by atoms with Crippen LogP contribution in [0.25, 0.3) is 0 Å². The maximum absolute atomic E-state index is 11.2. The van der Waals surface area contributed by atoms with Gasteiger partial charge in [-0.3, -0.25) is 4.79 Å². The summed E-state index contributed by atoms with van der Waals surface area (Å²) in [6, 6.07) is 0. The summed E-state index contributed by atoms with van der Waals surface area (Å²) in [5.74, 6) is 1.42. The monoisotopic (exact) mass is 170 g/mol. The summed E-state index contributed by atoms with van der Waals surface area (Å²) in [5.41, 5.74) is 0. The molecule has 12 heavy (non-hydrogen) atoms. The summed E-state index contributed by atoms with van der Waals surface area (Å²) in [6.07, 6.45) is 4.32. The minimum Gasteiger partial charge on any atom is -0.299 e. The zero-order chi connectivity index (χ0) is 9.56. The standard InChI is InChI=1S/C11H22O/c1-9(2)7-5-6-8-11(12)10(3)4/h9-10H,5-8H2,1-4H3. The van der Waals surface area contributed by atoms with Gasteiger partial charge in [0.25, 0.3) is 0 Å². The molecule has 0 unspecified atom stereocenters. The first-order valence-corrected chi connectivity index (χ1v) is 5.06. The fraction of sp³-hybridized carbons (Fsp3) is 0.909. The van der Waals surface area contributed by atoms with Crippen molar-refractivity contribution in [3.8, 4) is 0 Å². The van der Waals surface area contributed by atoms with Crippen LogP contribution in [0.2, 0.25) is 0 Å². The summed E-state index contributed by atoms with van der Waals surface area (Å²) < 4.78 is 0. The maximum atomic E-state index is 11.2. The molecule has 0 fully saturated rings. The van der Waals surface area contributed by atoms with E-state index in [1.54, 1.807) is 0 Å². The Morgan fingerprint density at radius 1 is 1.08 bits per heavy atom. The predicted octanol–water partition coefficient (Wildman–Crippen LogP) is 3.43. The molecule has 0 bridgehead atoms. The lowest BCUT2D eigenvalue weighted by molar-refractivity contribution is -0.122. The van der Waals surface area contributed by atoms with Crippen LogP contribution < -0.4 is 0 Å². The Morgan fingerprint density at radius 3 is 2.08 bits per heavy atom. The molecule has 0 aromatic carbocycles. The van der Waals surface area contributed by atoms with Gasteiger partial charge in [0.1, 0.15) is 5.78 Å². The van der Waals surface area contributed by atoms with Crippen LogP contribution in [0.3, 0.4) is 0 Å². The molecule has 72 valence electrons. The van der Waals surface area contributed by atoms with Crippen LogP contribution in [-0.2, 0) is 4.79 Å². The van der Waals surface area contributed by atoms with Crippen LogP contribution >= 0.6 is 0 Å². The van der Waals surface area contributed by atoms with Gasteiger partial charge in [0, 0.05) is 12.3 Å². The van der Waals surface area contributed by atoms with Crippen molar-refractivity contribution in [1.29, 1.82) is 0 Å². The smallest absolute Gasteiger partial charge is 0.135 e. The molecule has 0 rings (SSSR count). The molecule has 0 atom stereocenters. The van der Waals surface area contributed by atoms with Gasteiger partial charge in [-0.25, -0.2) is 0 Å². The molecule has 1 heteroatoms. The van der Waals surface area contributed by atoms with Gasteiger partial charge in [-0.05, 0) is 12.3 Å². The number of hydrogen-bond acceptors (Lipinski definition) is 1. The van der Waals surface area contributed by atoms with Crippen LogP contribution in [0.5, 0.6) is 0 Å². The van der Waals surface area contributed by atoms with Crippen molar-refractivity contribution in [3.63, 3.8) is 0 Å². The first-order chi connectivity index (χ1) is 5.54. The zero-order valence-electron chi connectivity index (χ0n) is 8.89. The first kappa shape index (κ1) is 11.7. The SMILES string of the molecule is CC(C)CCCCC(=O)C(C)C. The Kier molecular flexibility index (Phi) is 6.04. The summed E-state index contributed by atoms with van der Waals surface area (Å²) in [5, 5.41) is 0. The van der Waals surface area contributed by atoms with E-state index in [-0.39, 0.29) is 5.92 Å². The van der Waals surface area contributed by atoms with E-state index in [2.05, 4.69) is 13.8 Å². The molecule has 0 saturated carbocycles. The second kappa shape index (κ2) is 6.22. The van der Waals surface area contributed by atoms with Gasteiger partial charge in [0.05, 0.1) is 0 Å². The largest absolute Gasteiger partial charge is 0.299 e. The maximum Gasteiger partial charge on any atom is 0.135 e. The predicted molar refractivity (Wildman–Crippen MR) is 53.2 cm³/mol. The van der Waals surface area contributed by atoms with Crippen molar-refractivity contribution < 1.29 is 4.79 Å². The highest BCUT2D eigenvalue weighted by Crippen LogP contribution is 2.10. The van der Waals surface area contributed by atoms with Crippen LogP contribution in [0.15, 0.2) is 0 Å². The highest BCUT2D eigenvalue weighted by molar-refractivity contribution is 5.80. The van der Waals surface area contributed by atoms with Crippen molar-refractivity contribution in [2.75, 3.05) is 0 Å². The van der Waals surface area contributed by atoms with Crippen molar-refractivity contribution in [2.45, 2.75) is 53.4 Å². The average molecular weight is 170 g/mol. The fourth-order valence-electron chi connectivity index (χ4n) is 1.14. The molecular weight excluding hydrogens is 148 g/mol. The molecule has 0 aliphatic rings. The first-order valence-electron chi connectivity index (χ1n) is 5.06. The molecule has 0 aliphatic heterocycles. The Labute approximate surface area is 76.6 Å². The molecule has 0 radical (unpaired) electrons. The molecule has 0 aliphatic carbocycles. The Morgan fingerprint density at radius 2 is 1.67 bits per heavy atom. The number of rotatable bonds is 6. The Bertz CT molecular complexity index is 125. The zero-order valence-corrected chi connectivity index (χ0v) is 8.89. The van der Waals surface area contributed by atoms with Crippen molar-refractivity contribution in [3.05, 3.63) is 0 Å². The summed E-state index contributed by atoms with van der Waals surface area (Å²) >= 11 is 0. The average Bonchev–Trinajstić information content (AvgIpc) is 1.97. The molecule has 0 saturated heterocycles. The van der Waals surface area contributed by atoms with Crippen molar-refractivity contribution in [2.24, 2.45) is 11.8 Å². The van der Waals surface area contributed by atoms with E-state index in [4.69, 9.17) is 0 Å². The molecule has 0 aromatic heterocycles. The number of hydrogen-bond donors (Lipinski definition) is 0. The lowest BCUT2D eigenvalue weighted by atomic mass is 10.0. The van der Waals surface area contributed by atoms with E-state index in [9.17, 15) is 4.79 Å². The Hall–Kier alpha value is -0.330. The third kappa shape index (κ3) is 6.38. The third-order valence-corrected chi connectivity index (χ3v) is 2.10. The van der Waals surface area contributed by atoms with Crippen LogP contribution in [0.4, 0.5) is 0 Å². The minimum absolute atomic E-state index is 0.226. The normalized spacial score (nSPS) is 11.2. The minimum atomic E-state index is 0.226. The van der Waals surface area contributed by atoms with E-state index >= 15 is 0 Å². The Balaban J connectivity index is 3.26. The van der Waals surface area contributed by atoms with E-state index in [0.717, 1.165) is 18.8 Å². The van der Waals surface area contributed by atoms with Crippen LogP contribution in [0.1, 0.15) is 53.4 Å². The topological polar surface area (TPSA) is 17.1 Å². The molecule has 1 nitrogen and oxygen atoms in total. The summed E-state index contributed by atoms with van der Waals surface area (Å²) in [6.45, 7) is 8.41. The number of carbonyl (C=O) groups excluding carboxylic acids is 1. The van der Waals surface area contributed by atoms with Crippen LogP contribution in [-0.4, -0.2) is 5.78 Å². The second-order valence-electron chi connectivity index (χ2n) is 4.26. The molecule has 0 aromatic rings. The number of ketones is 1. The summed E-state index contributed by atoms with van der Waals surface area (Å²) in [7, 11) is 0. The van der Waals surface area contributed by atoms with E-state index < -0.39 is 0 Å². The lowest BCUT2D eigenvalue weighted by Gasteiger charge is -2.05. The number of unbranched alkanes of at least 4 members (excludes halogenated alkanes) is 1.